The van der Waals surface area contributed by atoms with E-state index in [1.54, 1.807) is 6.07 Å². The molecule has 0 saturated carbocycles. The van der Waals surface area contributed by atoms with Crippen molar-refractivity contribution in [2.24, 2.45) is 0 Å². The molecule has 9 nitrogen and oxygen atoms in total. The van der Waals surface area contributed by atoms with Crippen LogP contribution in [0.1, 0.15) is 24.2 Å². The zero-order chi connectivity index (χ0) is 29.3. The monoisotopic (exact) mass is 580 g/mol. The summed E-state index contributed by atoms with van der Waals surface area (Å²) in [6.45, 7) is -0.487. The number of fused-ring (bicyclic) bond motifs is 1. The third-order valence-electron chi connectivity index (χ3n) is 5.73. The van der Waals surface area contributed by atoms with Crippen molar-refractivity contribution < 1.29 is 20.1 Å². The van der Waals surface area contributed by atoms with E-state index in [1.807, 2.05) is 0 Å². The first-order chi connectivity index (χ1) is 19.6. The van der Waals surface area contributed by atoms with Gasteiger partial charge in [-0.2, -0.15) is 5.26 Å². The summed E-state index contributed by atoms with van der Waals surface area (Å²) in [7, 11) is 0. The lowest BCUT2D eigenvalue weighted by Crippen LogP contribution is -2.13. The standard InChI is InChI=1S/C27H17Cl2F2N7O2/c28-20-8-17(5-6-22(20)31)34-25-15(10-32)11-33-27-19(25)7-18(9-21(27)29)35-26(14-1-3-16(30)4-2-14)23-12-38(37-36-23)13-24(39)40/h1-9,11-12,26,35H,13H2,(H,33,34)(H,39,40)/t26-/m0/s1/i26D. The quantitative estimate of drug-likeness (QED) is 0.194. The van der Waals surface area contributed by atoms with Crippen LogP contribution in [0.15, 0.2) is 67.0 Å². The molecule has 200 valence electrons. The summed E-state index contributed by atoms with van der Waals surface area (Å²) in [6, 6.07) is 12.4. The van der Waals surface area contributed by atoms with Gasteiger partial charge in [0, 0.05) is 23.0 Å². The molecule has 1 atom stereocenters. The molecular formula is C27H17Cl2F2N7O2. The molecule has 0 aliphatic rings. The zero-order valence-corrected chi connectivity index (χ0v) is 21.7. The van der Waals surface area contributed by atoms with Gasteiger partial charge in [-0.25, -0.2) is 13.5 Å². The van der Waals surface area contributed by atoms with Gasteiger partial charge in [-0.05, 0) is 48.0 Å². The zero-order valence-electron chi connectivity index (χ0n) is 21.2. The summed E-state index contributed by atoms with van der Waals surface area (Å²) in [5, 5.41) is 33.3. The van der Waals surface area contributed by atoms with Gasteiger partial charge in [0.05, 0.1) is 40.4 Å². The number of carboxylic acid groups (broad SMARTS) is 1. The Balaban J connectivity index is 1.64. The maximum atomic E-state index is 13.8. The van der Waals surface area contributed by atoms with Gasteiger partial charge in [-0.3, -0.25) is 9.78 Å². The predicted octanol–water partition coefficient (Wildman–Crippen LogP) is 6.31. The minimum absolute atomic E-state index is 0.0183. The van der Waals surface area contributed by atoms with Crippen molar-refractivity contribution in [3.05, 3.63) is 105 Å². The third kappa shape index (κ3) is 5.63. The summed E-state index contributed by atoms with van der Waals surface area (Å²) in [5.41, 5.74) is 1.74. The van der Waals surface area contributed by atoms with E-state index in [0.717, 1.165) is 4.68 Å². The molecule has 2 heterocycles. The van der Waals surface area contributed by atoms with Crippen LogP contribution in [0, 0.1) is 23.0 Å². The number of carboxylic acids is 1. The minimum atomic E-state index is -1.89. The van der Waals surface area contributed by atoms with E-state index in [9.17, 15) is 20.2 Å². The highest BCUT2D eigenvalue weighted by atomic mass is 35.5. The van der Waals surface area contributed by atoms with E-state index in [2.05, 4.69) is 32.0 Å². The number of pyridine rings is 1. The van der Waals surface area contributed by atoms with E-state index in [0.29, 0.717) is 22.3 Å². The number of anilines is 3. The van der Waals surface area contributed by atoms with Crippen LogP contribution >= 0.6 is 23.2 Å². The molecule has 5 rings (SSSR count). The number of nitrogens with one attached hydrogen (secondary N) is 2. The van der Waals surface area contributed by atoms with Gasteiger partial charge in [-0.15, -0.1) is 5.10 Å². The Morgan fingerprint density at radius 2 is 1.88 bits per heavy atom. The molecule has 0 amide bonds. The van der Waals surface area contributed by atoms with Crippen LogP contribution in [0.3, 0.4) is 0 Å². The first kappa shape index (κ1) is 25.5. The van der Waals surface area contributed by atoms with Crippen LogP contribution < -0.4 is 10.6 Å². The highest BCUT2D eigenvalue weighted by Crippen LogP contribution is 2.37. The van der Waals surface area contributed by atoms with E-state index < -0.39 is 30.2 Å². The van der Waals surface area contributed by atoms with Crippen molar-refractivity contribution in [1.29, 1.82) is 5.26 Å². The Kier molecular flexibility index (Phi) is 7.09. The van der Waals surface area contributed by atoms with Crippen molar-refractivity contribution in [3.63, 3.8) is 0 Å². The first-order valence-electron chi connectivity index (χ1n) is 12.0. The molecule has 0 radical (unpaired) electrons. The SMILES string of the molecule is [2H][C@](Nc1cc(Cl)c2ncc(C#N)c(Nc3ccc(F)c(Cl)c3)c2c1)(c1ccc(F)cc1)c1cn(CC(=O)O)nn1. The second-order valence-corrected chi connectivity index (χ2v) is 9.28. The Labute approximate surface area is 237 Å². The summed E-state index contributed by atoms with van der Waals surface area (Å²) in [5.74, 6) is -2.29. The number of nitrogens with zero attached hydrogens (tertiary/aromatic N) is 5. The molecule has 0 saturated heterocycles. The Bertz CT molecular complexity index is 1850. The number of aliphatic carboxylic acids is 1. The van der Waals surface area contributed by atoms with Gasteiger partial charge in [0.1, 0.15) is 29.9 Å². The fraction of sp³-hybridized carbons (Fsp3) is 0.0741. The number of hydrogen-bond acceptors (Lipinski definition) is 7. The molecule has 3 N–H and O–H groups in total. The van der Waals surface area contributed by atoms with Crippen LogP contribution in [0.25, 0.3) is 10.9 Å². The van der Waals surface area contributed by atoms with Crippen molar-refractivity contribution in [2.45, 2.75) is 12.6 Å². The molecule has 0 unspecified atom stereocenters. The maximum absolute atomic E-state index is 13.8. The molecule has 2 aromatic heterocycles. The number of rotatable bonds is 8. The number of aromatic nitrogens is 4. The van der Waals surface area contributed by atoms with Gasteiger partial charge in [0.15, 0.2) is 0 Å². The lowest BCUT2D eigenvalue weighted by Gasteiger charge is -2.20. The van der Waals surface area contributed by atoms with Gasteiger partial charge in [0.2, 0.25) is 0 Å². The third-order valence-corrected chi connectivity index (χ3v) is 6.31. The summed E-state index contributed by atoms with van der Waals surface area (Å²) in [6.07, 6.45) is 2.63. The van der Waals surface area contributed by atoms with Crippen LogP contribution in [0.2, 0.25) is 10.0 Å². The number of hydrogen-bond donors (Lipinski definition) is 3. The number of halogens is 4. The normalized spacial score (nSPS) is 12.8. The topological polar surface area (TPSA) is 129 Å². The molecule has 40 heavy (non-hydrogen) atoms. The van der Waals surface area contributed by atoms with Gasteiger partial charge >= 0.3 is 5.97 Å². The number of nitriles is 1. The molecule has 5 aromatic rings. The Hall–Kier alpha value is -4.79. The van der Waals surface area contributed by atoms with Gasteiger partial charge < -0.3 is 15.7 Å². The minimum Gasteiger partial charge on any atom is -0.480 e. The fourth-order valence-electron chi connectivity index (χ4n) is 3.94. The van der Waals surface area contributed by atoms with E-state index in [4.69, 9.17) is 28.3 Å². The smallest absolute Gasteiger partial charge is 0.325 e. The van der Waals surface area contributed by atoms with Gasteiger partial charge in [-0.1, -0.05) is 40.5 Å². The first-order valence-corrected chi connectivity index (χ1v) is 12.2. The Morgan fingerprint density at radius 3 is 2.58 bits per heavy atom. The van der Waals surface area contributed by atoms with Crippen LogP contribution in [0.4, 0.5) is 25.8 Å². The second kappa shape index (κ2) is 11.1. The van der Waals surface area contributed by atoms with Crippen LogP contribution in [0.5, 0.6) is 0 Å². The number of carbonyl (C=O) groups is 1. The molecular weight excluding hydrogens is 563 g/mol. The van der Waals surface area contributed by atoms with E-state index in [-0.39, 0.29) is 32.6 Å². The van der Waals surface area contributed by atoms with E-state index in [1.165, 1.54) is 60.9 Å². The maximum Gasteiger partial charge on any atom is 0.325 e. The fourth-order valence-corrected chi connectivity index (χ4v) is 4.39. The second-order valence-electron chi connectivity index (χ2n) is 8.47. The average molecular weight is 581 g/mol. The van der Waals surface area contributed by atoms with Crippen molar-refractivity contribution in [1.82, 2.24) is 20.0 Å². The molecule has 0 spiro atoms. The molecule has 3 aromatic carbocycles. The number of benzene rings is 3. The van der Waals surface area contributed by atoms with Crippen LogP contribution in [-0.2, 0) is 11.3 Å². The highest BCUT2D eigenvalue weighted by Gasteiger charge is 2.21. The summed E-state index contributed by atoms with van der Waals surface area (Å²) >= 11 is 12.5. The van der Waals surface area contributed by atoms with Crippen LogP contribution in [-0.4, -0.2) is 31.1 Å². The molecule has 0 fully saturated rings. The van der Waals surface area contributed by atoms with Crippen molar-refractivity contribution in [2.75, 3.05) is 10.6 Å². The molecule has 13 heteroatoms. The summed E-state index contributed by atoms with van der Waals surface area (Å²) < 4.78 is 37.9. The van der Waals surface area contributed by atoms with Crippen molar-refractivity contribution in [3.8, 4) is 6.07 Å². The largest absolute Gasteiger partial charge is 0.480 e. The lowest BCUT2D eigenvalue weighted by atomic mass is 10.0. The van der Waals surface area contributed by atoms with E-state index >= 15 is 0 Å². The van der Waals surface area contributed by atoms with Gasteiger partial charge in [0.25, 0.3) is 0 Å². The summed E-state index contributed by atoms with van der Waals surface area (Å²) in [4.78, 5) is 15.5. The molecule has 0 aliphatic carbocycles. The molecule has 0 bridgehead atoms. The highest BCUT2D eigenvalue weighted by molar-refractivity contribution is 6.36. The lowest BCUT2D eigenvalue weighted by molar-refractivity contribution is -0.137. The average Bonchev–Trinajstić information content (AvgIpc) is 3.40. The Morgan fingerprint density at radius 1 is 1.12 bits per heavy atom. The predicted molar refractivity (Wildman–Crippen MR) is 146 cm³/mol. The van der Waals surface area contributed by atoms with Crippen molar-refractivity contribution >= 4 is 57.1 Å². The molecule has 0 aliphatic heterocycles.